The summed E-state index contributed by atoms with van der Waals surface area (Å²) in [7, 11) is 0. The molecule has 1 aliphatic rings. The zero-order valence-corrected chi connectivity index (χ0v) is 14.2. The molecule has 5 nitrogen and oxygen atoms in total. The lowest BCUT2D eigenvalue weighted by atomic mass is 10.0. The fourth-order valence-corrected chi connectivity index (χ4v) is 2.98. The summed E-state index contributed by atoms with van der Waals surface area (Å²) in [6, 6.07) is 12.2. The van der Waals surface area contributed by atoms with Crippen molar-refractivity contribution < 1.29 is 17.9 Å². The molecule has 0 fully saturated rings. The number of halogens is 3. The number of hydrogen-bond donors (Lipinski definition) is 1. The van der Waals surface area contributed by atoms with Crippen LogP contribution in [0.2, 0.25) is 0 Å². The Hall–Kier alpha value is -3.29. The minimum absolute atomic E-state index is 0.0826. The van der Waals surface area contributed by atoms with Crippen LogP contribution in [-0.2, 0) is 0 Å². The third kappa shape index (κ3) is 3.51. The van der Waals surface area contributed by atoms with Crippen molar-refractivity contribution in [3.8, 4) is 5.75 Å². The van der Waals surface area contributed by atoms with E-state index < -0.39 is 6.61 Å². The van der Waals surface area contributed by atoms with Crippen LogP contribution in [0.1, 0.15) is 23.0 Å². The number of aromatic nitrogens is 3. The van der Waals surface area contributed by atoms with Crippen molar-refractivity contribution in [1.29, 1.82) is 0 Å². The van der Waals surface area contributed by atoms with Crippen molar-refractivity contribution in [2.24, 2.45) is 0 Å². The maximum atomic E-state index is 13.3. The number of fused-ring (bicyclic) bond motifs is 1. The van der Waals surface area contributed by atoms with Crippen LogP contribution in [0.3, 0.4) is 0 Å². The molecule has 0 spiro atoms. The Morgan fingerprint density at radius 1 is 1.07 bits per heavy atom. The van der Waals surface area contributed by atoms with Crippen LogP contribution in [0.15, 0.2) is 54.6 Å². The molecule has 0 saturated carbocycles. The molecule has 1 atom stereocenters. The van der Waals surface area contributed by atoms with E-state index in [0.717, 1.165) is 16.8 Å². The second kappa shape index (κ2) is 6.79. The van der Waals surface area contributed by atoms with Gasteiger partial charge in [0.15, 0.2) is 0 Å². The van der Waals surface area contributed by atoms with Gasteiger partial charge in [-0.25, -0.2) is 9.07 Å². The number of nitrogens with zero attached hydrogens (tertiary/aromatic N) is 3. The molecule has 0 amide bonds. The summed E-state index contributed by atoms with van der Waals surface area (Å²) in [6.07, 6.45) is 1.93. The molecule has 27 heavy (non-hydrogen) atoms. The fourth-order valence-electron chi connectivity index (χ4n) is 2.98. The maximum Gasteiger partial charge on any atom is 0.387 e. The van der Waals surface area contributed by atoms with Crippen molar-refractivity contribution in [3.63, 3.8) is 0 Å². The van der Waals surface area contributed by atoms with Crippen molar-refractivity contribution in [2.75, 3.05) is 5.32 Å². The molecule has 2 heterocycles. The van der Waals surface area contributed by atoms with E-state index in [0.29, 0.717) is 11.8 Å². The van der Waals surface area contributed by atoms with E-state index in [-0.39, 0.29) is 17.6 Å². The van der Waals surface area contributed by atoms with Crippen molar-refractivity contribution >= 4 is 11.6 Å². The van der Waals surface area contributed by atoms with Crippen LogP contribution in [0.4, 0.5) is 19.1 Å². The van der Waals surface area contributed by atoms with Gasteiger partial charge in [0.05, 0.1) is 0 Å². The van der Waals surface area contributed by atoms with Crippen LogP contribution in [-0.4, -0.2) is 21.4 Å². The number of alkyl halides is 2. The van der Waals surface area contributed by atoms with E-state index in [4.69, 9.17) is 0 Å². The number of ether oxygens (including phenoxy) is 1. The third-order valence-corrected chi connectivity index (χ3v) is 4.17. The van der Waals surface area contributed by atoms with Gasteiger partial charge in [0.1, 0.15) is 23.4 Å². The first kappa shape index (κ1) is 17.1. The predicted molar refractivity (Wildman–Crippen MR) is 94.0 cm³/mol. The molecule has 4 rings (SSSR count). The molecule has 8 heteroatoms. The SMILES string of the molecule is Cc1nc2n(n1)[C@H](c1ccc(F)cc1)C=C(c1ccc(OC(F)F)cc1)N2. The fraction of sp³-hybridized carbons (Fsp3) is 0.158. The minimum Gasteiger partial charge on any atom is -0.435 e. The van der Waals surface area contributed by atoms with Gasteiger partial charge < -0.3 is 10.1 Å². The molecule has 0 unspecified atom stereocenters. The highest BCUT2D eigenvalue weighted by atomic mass is 19.3. The first-order chi connectivity index (χ1) is 13.0. The van der Waals surface area contributed by atoms with Gasteiger partial charge in [0.25, 0.3) is 0 Å². The van der Waals surface area contributed by atoms with Gasteiger partial charge in [-0.15, -0.1) is 0 Å². The Morgan fingerprint density at radius 2 is 1.78 bits per heavy atom. The summed E-state index contributed by atoms with van der Waals surface area (Å²) >= 11 is 0. The highest BCUT2D eigenvalue weighted by Gasteiger charge is 2.24. The van der Waals surface area contributed by atoms with Gasteiger partial charge in [-0.05, 0) is 60.5 Å². The Balaban J connectivity index is 1.71. The van der Waals surface area contributed by atoms with Crippen molar-refractivity contribution in [3.05, 3.63) is 77.4 Å². The van der Waals surface area contributed by atoms with E-state index in [1.165, 1.54) is 24.3 Å². The first-order valence-electron chi connectivity index (χ1n) is 8.22. The summed E-state index contributed by atoms with van der Waals surface area (Å²) in [5.74, 6) is 0.910. The lowest BCUT2D eigenvalue weighted by Crippen LogP contribution is -2.20. The molecule has 1 aromatic heterocycles. The van der Waals surface area contributed by atoms with Gasteiger partial charge in [-0.2, -0.15) is 18.9 Å². The number of allylic oxidation sites excluding steroid dienone is 1. The summed E-state index contributed by atoms with van der Waals surface area (Å²) in [6.45, 7) is -1.09. The number of rotatable bonds is 4. The number of anilines is 1. The summed E-state index contributed by atoms with van der Waals surface area (Å²) < 4.78 is 44.0. The molecule has 0 bridgehead atoms. The second-order valence-corrected chi connectivity index (χ2v) is 6.03. The average Bonchev–Trinajstić information content (AvgIpc) is 3.02. The second-order valence-electron chi connectivity index (χ2n) is 6.03. The van der Waals surface area contributed by atoms with Crippen molar-refractivity contribution in [1.82, 2.24) is 14.8 Å². The first-order valence-corrected chi connectivity index (χ1v) is 8.22. The number of hydrogen-bond acceptors (Lipinski definition) is 4. The Kier molecular flexibility index (Phi) is 4.31. The molecule has 0 radical (unpaired) electrons. The van der Waals surface area contributed by atoms with Gasteiger partial charge in [0.2, 0.25) is 5.95 Å². The predicted octanol–water partition coefficient (Wildman–Crippen LogP) is 4.38. The topological polar surface area (TPSA) is 52.0 Å². The summed E-state index contributed by atoms with van der Waals surface area (Å²) in [5, 5.41) is 7.60. The van der Waals surface area contributed by atoms with Crippen LogP contribution >= 0.6 is 0 Å². The van der Waals surface area contributed by atoms with Crippen LogP contribution in [0, 0.1) is 12.7 Å². The highest BCUT2D eigenvalue weighted by molar-refractivity contribution is 5.77. The Labute approximate surface area is 153 Å². The number of aryl methyl sites for hydroxylation is 1. The Morgan fingerprint density at radius 3 is 2.44 bits per heavy atom. The third-order valence-electron chi connectivity index (χ3n) is 4.17. The van der Waals surface area contributed by atoms with Crippen LogP contribution in [0.25, 0.3) is 5.70 Å². The quantitative estimate of drug-likeness (QED) is 0.738. The van der Waals surface area contributed by atoms with E-state index >= 15 is 0 Å². The molecule has 0 aliphatic carbocycles. The molecule has 0 saturated heterocycles. The molecule has 1 N–H and O–H groups in total. The van der Waals surface area contributed by atoms with Crippen molar-refractivity contribution in [2.45, 2.75) is 19.6 Å². The van der Waals surface area contributed by atoms with Gasteiger partial charge >= 0.3 is 6.61 Å². The molecule has 2 aromatic carbocycles. The molecular weight excluding hydrogens is 357 g/mol. The van der Waals surface area contributed by atoms with E-state index in [9.17, 15) is 13.2 Å². The number of nitrogens with one attached hydrogen (secondary N) is 1. The minimum atomic E-state index is -2.87. The number of benzene rings is 2. The molecule has 3 aromatic rings. The molecular formula is C19H15F3N4O. The van der Waals surface area contributed by atoms with Gasteiger partial charge in [0, 0.05) is 5.70 Å². The summed E-state index contributed by atoms with van der Waals surface area (Å²) in [5.41, 5.74) is 2.36. The van der Waals surface area contributed by atoms with Crippen LogP contribution in [0.5, 0.6) is 5.75 Å². The molecule has 138 valence electrons. The lowest BCUT2D eigenvalue weighted by molar-refractivity contribution is -0.0498. The van der Waals surface area contributed by atoms with E-state index in [1.54, 1.807) is 35.9 Å². The monoisotopic (exact) mass is 372 g/mol. The van der Waals surface area contributed by atoms with Gasteiger partial charge in [-0.3, -0.25) is 0 Å². The normalized spacial score (nSPS) is 15.9. The zero-order chi connectivity index (χ0) is 19.0. The van der Waals surface area contributed by atoms with Crippen LogP contribution < -0.4 is 10.1 Å². The van der Waals surface area contributed by atoms with E-state index in [2.05, 4.69) is 20.1 Å². The largest absolute Gasteiger partial charge is 0.435 e. The Bertz CT molecular complexity index is 981. The highest BCUT2D eigenvalue weighted by Crippen LogP contribution is 2.33. The smallest absolute Gasteiger partial charge is 0.387 e. The summed E-state index contributed by atoms with van der Waals surface area (Å²) in [4.78, 5) is 4.38. The lowest BCUT2D eigenvalue weighted by Gasteiger charge is -2.24. The standard InChI is InChI=1S/C19H15F3N4O/c1-11-23-19-24-16(12-4-8-15(9-5-12)27-18(21)22)10-17(26(19)25-11)13-2-6-14(20)7-3-13/h2-10,17-18H,1H3,(H,23,24,25)/t17-/m0/s1. The zero-order valence-electron chi connectivity index (χ0n) is 14.2. The van der Waals surface area contributed by atoms with E-state index in [1.807, 2.05) is 6.08 Å². The average molecular weight is 372 g/mol. The molecule has 1 aliphatic heterocycles. The maximum absolute atomic E-state index is 13.3. The van der Waals surface area contributed by atoms with Gasteiger partial charge in [-0.1, -0.05) is 12.1 Å².